The number of methoxy groups -OCH3 is 1. The Morgan fingerprint density at radius 1 is 1.55 bits per heavy atom. The highest BCUT2D eigenvalue weighted by atomic mass is 32.2. The van der Waals surface area contributed by atoms with Gasteiger partial charge in [0, 0.05) is 19.2 Å². The topological polar surface area (TPSA) is 96.8 Å². The molecule has 0 aliphatic carbocycles. The van der Waals surface area contributed by atoms with Crippen molar-refractivity contribution in [2.24, 2.45) is 0 Å². The predicted octanol–water partition coefficient (Wildman–Crippen LogP) is 0.711. The van der Waals surface area contributed by atoms with Gasteiger partial charge in [0.25, 0.3) is 10.0 Å². The zero-order valence-corrected chi connectivity index (χ0v) is 13.2. The number of nitrogens with zero attached hydrogens (tertiary/aromatic N) is 2. The first kappa shape index (κ1) is 17.0. The van der Waals surface area contributed by atoms with E-state index in [2.05, 4.69) is 9.72 Å². The summed E-state index contributed by atoms with van der Waals surface area (Å²) in [5, 5.41) is 8.87. The normalized spacial score (nSPS) is 12.1. The largest absolute Gasteiger partial charge is 0.464 e. The number of thiazole rings is 1. The molecule has 114 valence electrons. The zero-order valence-electron chi connectivity index (χ0n) is 11.6. The van der Waals surface area contributed by atoms with E-state index in [1.54, 1.807) is 13.8 Å². The summed E-state index contributed by atoms with van der Waals surface area (Å²) in [6, 6.07) is -0.292. The van der Waals surface area contributed by atoms with E-state index in [1.807, 2.05) is 0 Å². The van der Waals surface area contributed by atoms with Crippen molar-refractivity contribution in [2.75, 3.05) is 20.3 Å². The fourth-order valence-electron chi connectivity index (χ4n) is 1.64. The van der Waals surface area contributed by atoms with Crippen LogP contribution in [-0.4, -0.2) is 55.1 Å². The molecule has 9 heteroatoms. The SMILES string of the molecule is COC(=O)c1ncsc1S(=O)(=O)N(CCCO)C(C)C. The van der Waals surface area contributed by atoms with Crippen molar-refractivity contribution >= 4 is 27.3 Å². The van der Waals surface area contributed by atoms with Gasteiger partial charge in [-0.05, 0) is 20.3 Å². The Morgan fingerprint density at radius 3 is 2.70 bits per heavy atom. The number of aliphatic hydroxyl groups is 1. The van der Waals surface area contributed by atoms with Crippen molar-refractivity contribution < 1.29 is 23.1 Å². The molecule has 0 atom stereocenters. The van der Waals surface area contributed by atoms with Crippen LogP contribution in [0.5, 0.6) is 0 Å². The number of hydrogen-bond acceptors (Lipinski definition) is 7. The lowest BCUT2D eigenvalue weighted by Gasteiger charge is -2.25. The molecule has 1 aromatic heterocycles. The van der Waals surface area contributed by atoms with Gasteiger partial charge in [0.05, 0.1) is 12.6 Å². The van der Waals surface area contributed by atoms with Crippen LogP contribution in [0.1, 0.15) is 30.8 Å². The summed E-state index contributed by atoms with van der Waals surface area (Å²) in [6.07, 6.45) is 0.323. The lowest BCUT2D eigenvalue weighted by atomic mass is 10.3. The minimum absolute atomic E-state index is 0.106. The second-order valence-electron chi connectivity index (χ2n) is 4.27. The summed E-state index contributed by atoms with van der Waals surface area (Å²) >= 11 is 0.875. The third-order valence-corrected chi connectivity index (χ3v) is 5.99. The molecule has 0 aliphatic rings. The Hall–Kier alpha value is -1.03. The van der Waals surface area contributed by atoms with Crippen LogP contribution >= 0.6 is 11.3 Å². The van der Waals surface area contributed by atoms with Crippen molar-refractivity contribution in [3.05, 3.63) is 11.2 Å². The first-order valence-corrected chi connectivity index (χ1v) is 8.32. The summed E-state index contributed by atoms with van der Waals surface area (Å²) in [5.41, 5.74) is 1.09. The van der Waals surface area contributed by atoms with E-state index in [4.69, 9.17) is 5.11 Å². The van der Waals surface area contributed by atoms with E-state index in [9.17, 15) is 13.2 Å². The average Bonchev–Trinajstić information content (AvgIpc) is 2.87. The maximum absolute atomic E-state index is 12.6. The molecule has 7 nitrogen and oxygen atoms in total. The molecule has 0 aromatic carbocycles. The van der Waals surface area contributed by atoms with Crippen LogP contribution in [0, 0.1) is 0 Å². The van der Waals surface area contributed by atoms with Gasteiger partial charge >= 0.3 is 5.97 Å². The van der Waals surface area contributed by atoms with Crippen molar-refractivity contribution in [3.8, 4) is 0 Å². The van der Waals surface area contributed by atoms with E-state index in [0.29, 0.717) is 6.42 Å². The number of aliphatic hydroxyl groups excluding tert-OH is 1. The van der Waals surface area contributed by atoms with Gasteiger partial charge in [-0.1, -0.05) is 0 Å². The summed E-state index contributed by atoms with van der Waals surface area (Å²) in [6.45, 7) is 3.53. The molecule has 0 aliphatic heterocycles. The lowest BCUT2D eigenvalue weighted by Crippen LogP contribution is -2.38. The van der Waals surface area contributed by atoms with Gasteiger partial charge in [-0.2, -0.15) is 4.31 Å². The van der Waals surface area contributed by atoms with Crippen molar-refractivity contribution in [1.29, 1.82) is 0 Å². The first-order chi connectivity index (χ1) is 9.36. The number of hydrogen-bond donors (Lipinski definition) is 1. The Morgan fingerprint density at radius 2 is 2.20 bits per heavy atom. The molecular formula is C11H18N2O5S2. The van der Waals surface area contributed by atoms with Crippen LogP contribution in [0.15, 0.2) is 9.72 Å². The summed E-state index contributed by atoms with van der Waals surface area (Å²) < 4.78 is 30.8. The number of rotatable bonds is 7. The van der Waals surface area contributed by atoms with E-state index >= 15 is 0 Å². The van der Waals surface area contributed by atoms with Crippen molar-refractivity contribution in [3.63, 3.8) is 0 Å². The van der Waals surface area contributed by atoms with Gasteiger partial charge in [-0.15, -0.1) is 11.3 Å². The maximum atomic E-state index is 12.6. The van der Waals surface area contributed by atoms with Gasteiger partial charge < -0.3 is 9.84 Å². The molecular weight excluding hydrogens is 304 g/mol. The lowest BCUT2D eigenvalue weighted by molar-refractivity contribution is 0.0590. The minimum atomic E-state index is -3.84. The van der Waals surface area contributed by atoms with Gasteiger partial charge in [0.1, 0.15) is 0 Å². The summed E-state index contributed by atoms with van der Waals surface area (Å²) in [5.74, 6) is -0.782. The molecule has 1 heterocycles. The summed E-state index contributed by atoms with van der Waals surface area (Å²) in [4.78, 5) is 15.3. The monoisotopic (exact) mass is 322 g/mol. The van der Waals surface area contributed by atoms with Gasteiger partial charge in [-0.3, -0.25) is 0 Å². The average molecular weight is 322 g/mol. The van der Waals surface area contributed by atoms with E-state index in [0.717, 1.165) is 11.3 Å². The molecule has 0 bridgehead atoms. The number of sulfonamides is 1. The molecule has 0 saturated heterocycles. The third kappa shape index (κ3) is 3.54. The zero-order chi connectivity index (χ0) is 15.3. The van der Waals surface area contributed by atoms with E-state index in [-0.39, 0.29) is 29.1 Å². The van der Waals surface area contributed by atoms with Crippen molar-refractivity contribution in [1.82, 2.24) is 9.29 Å². The number of esters is 1. The number of carbonyl (C=O) groups is 1. The molecule has 0 amide bonds. The number of ether oxygens (including phenoxy) is 1. The molecule has 0 radical (unpaired) electrons. The second-order valence-corrected chi connectivity index (χ2v) is 7.21. The Bertz CT molecular complexity index is 553. The second kappa shape index (κ2) is 7.11. The van der Waals surface area contributed by atoms with Crippen molar-refractivity contribution in [2.45, 2.75) is 30.5 Å². The Balaban J connectivity index is 3.20. The molecule has 1 N–H and O–H groups in total. The fourth-order valence-corrected chi connectivity index (χ4v) is 4.56. The quantitative estimate of drug-likeness (QED) is 0.743. The van der Waals surface area contributed by atoms with Gasteiger partial charge in [-0.25, -0.2) is 18.2 Å². The standard InChI is InChI=1S/C11H18N2O5S2/c1-8(2)13(5-4-6-14)20(16,17)11-9(10(15)18-3)12-7-19-11/h7-8,14H,4-6H2,1-3H3. The van der Waals surface area contributed by atoms with Crippen LogP contribution < -0.4 is 0 Å². The van der Waals surface area contributed by atoms with Crippen LogP contribution in [-0.2, 0) is 14.8 Å². The first-order valence-electron chi connectivity index (χ1n) is 6.00. The summed E-state index contributed by atoms with van der Waals surface area (Å²) in [7, 11) is -2.67. The fraction of sp³-hybridized carbons (Fsp3) is 0.636. The van der Waals surface area contributed by atoms with Crippen LogP contribution in [0.4, 0.5) is 0 Å². The van der Waals surface area contributed by atoms with E-state index in [1.165, 1.54) is 16.9 Å². The number of carbonyl (C=O) groups excluding carboxylic acids is 1. The molecule has 0 unspecified atom stereocenters. The molecule has 0 spiro atoms. The Kier molecular flexibility index (Phi) is 6.06. The number of aromatic nitrogens is 1. The highest BCUT2D eigenvalue weighted by molar-refractivity contribution is 7.91. The maximum Gasteiger partial charge on any atom is 0.358 e. The highest BCUT2D eigenvalue weighted by Crippen LogP contribution is 2.26. The molecule has 0 fully saturated rings. The third-order valence-electron chi connectivity index (χ3n) is 2.57. The van der Waals surface area contributed by atoms with Crippen LogP contribution in [0.25, 0.3) is 0 Å². The van der Waals surface area contributed by atoms with Gasteiger partial charge in [0.2, 0.25) is 0 Å². The molecule has 0 saturated carbocycles. The molecule has 20 heavy (non-hydrogen) atoms. The molecule has 1 rings (SSSR count). The smallest absolute Gasteiger partial charge is 0.358 e. The van der Waals surface area contributed by atoms with E-state index < -0.39 is 16.0 Å². The van der Waals surface area contributed by atoms with Crippen LogP contribution in [0.2, 0.25) is 0 Å². The molecule has 1 aromatic rings. The highest BCUT2D eigenvalue weighted by Gasteiger charge is 2.33. The predicted molar refractivity (Wildman–Crippen MR) is 74.2 cm³/mol. The minimum Gasteiger partial charge on any atom is -0.464 e. The Labute approximate surface area is 122 Å². The van der Waals surface area contributed by atoms with Crippen LogP contribution in [0.3, 0.4) is 0 Å². The van der Waals surface area contributed by atoms with Gasteiger partial charge in [0.15, 0.2) is 9.90 Å².